The van der Waals surface area contributed by atoms with Crippen LogP contribution in [-0.4, -0.2) is 44.7 Å². The molecule has 2 aromatic rings. The zero-order valence-corrected chi connectivity index (χ0v) is 17.1. The Hall–Kier alpha value is -1.93. The lowest BCUT2D eigenvalue weighted by Gasteiger charge is -2.32. The van der Waals surface area contributed by atoms with E-state index in [4.69, 9.17) is 4.74 Å². The van der Waals surface area contributed by atoms with Gasteiger partial charge in [-0.2, -0.15) is 0 Å². The molecule has 0 saturated carbocycles. The number of amides is 1. The second kappa shape index (κ2) is 7.98. The molecule has 1 aliphatic heterocycles. The molecule has 27 heavy (non-hydrogen) atoms. The third kappa shape index (κ3) is 4.16. The first-order chi connectivity index (χ1) is 12.8. The molecule has 0 radical (unpaired) electrons. The van der Waals surface area contributed by atoms with E-state index in [0.29, 0.717) is 41.7 Å². The van der Waals surface area contributed by atoms with Crippen LogP contribution in [0.1, 0.15) is 23.2 Å². The van der Waals surface area contributed by atoms with Gasteiger partial charge >= 0.3 is 0 Å². The Morgan fingerprint density at radius 3 is 2.37 bits per heavy atom. The Morgan fingerprint density at radius 1 is 1.15 bits per heavy atom. The molecular weight excluding hydrogens is 437 g/mol. The number of halogens is 2. The molecule has 2 aromatic carbocycles. The maximum Gasteiger partial charge on any atom is 0.255 e. The van der Waals surface area contributed by atoms with Gasteiger partial charge in [0, 0.05) is 17.6 Å². The van der Waals surface area contributed by atoms with Crippen LogP contribution < -0.4 is 4.74 Å². The Kier molecular flexibility index (Phi) is 5.86. The van der Waals surface area contributed by atoms with Crippen molar-refractivity contribution in [2.45, 2.75) is 23.0 Å². The molecule has 144 valence electrons. The number of methoxy groups -OCH3 is 1. The number of ether oxygens (including phenoxy) is 1. The summed E-state index contributed by atoms with van der Waals surface area (Å²) in [6.45, 7) is 0.682. The lowest BCUT2D eigenvalue weighted by atomic mass is 10.1. The minimum absolute atomic E-state index is 0.115. The molecule has 1 aliphatic rings. The van der Waals surface area contributed by atoms with Crippen LogP contribution in [0.25, 0.3) is 0 Å². The van der Waals surface area contributed by atoms with Crippen LogP contribution >= 0.6 is 15.9 Å². The fourth-order valence-electron chi connectivity index (χ4n) is 3.15. The number of likely N-dealkylation sites (tertiary alicyclic amines) is 1. The van der Waals surface area contributed by atoms with Crippen molar-refractivity contribution in [2.75, 3.05) is 20.2 Å². The lowest BCUT2D eigenvalue weighted by molar-refractivity contribution is 0.0724. The topological polar surface area (TPSA) is 63.7 Å². The van der Waals surface area contributed by atoms with Crippen LogP contribution in [0.2, 0.25) is 0 Å². The zero-order chi connectivity index (χ0) is 19.6. The fraction of sp³-hybridized carbons (Fsp3) is 0.316. The Labute approximate surface area is 166 Å². The second-order valence-electron chi connectivity index (χ2n) is 6.34. The molecule has 5 nitrogen and oxygen atoms in total. The van der Waals surface area contributed by atoms with Crippen molar-refractivity contribution in [3.05, 3.63) is 58.3 Å². The predicted molar refractivity (Wildman–Crippen MR) is 103 cm³/mol. The van der Waals surface area contributed by atoms with Gasteiger partial charge in [-0.3, -0.25) is 4.79 Å². The third-order valence-corrected chi connectivity index (χ3v) is 7.68. The highest BCUT2D eigenvalue weighted by atomic mass is 79.9. The maximum absolute atomic E-state index is 13.1. The van der Waals surface area contributed by atoms with Crippen molar-refractivity contribution < 1.29 is 22.3 Å². The standard InChI is InChI=1S/C19H19BrFNO4S/c1-26-14-4-7-18(20)17(12-14)19(23)22-10-8-16(9-11-22)27(24,25)15-5-2-13(21)3-6-15/h2-7,12,16H,8-11H2,1H3. The number of hydrogen-bond donors (Lipinski definition) is 0. The van der Waals surface area contributed by atoms with E-state index >= 15 is 0 Å². The van der Waals surface area contributed by atoms with E-state index < -0.39 is 20.9 Å². The maximum atomic E-state index is 13.1. The monoisotopic (exact) mass is 455 g/mol. The largest absolute Gasteiger partial charge is 0.497 e. The Morgan fingerprint density at radius 2 is 1.78 bits per heavy atom. The van der Waals surface area contributed by atoms with Gasteiger partial charge in [0.1, 0.15) is 11.6 Å². The van der Waals surface area contributed by atoms with Crippen molar-refractivity contribution >= 4 is 31.7 Å². The van der Waals surface area contributed by atoms with Gasteiger partial charge in [0.05, 0.1) is 22.8 Å². The molecule has 0 bridgehead atoms. The van der Waals surface area contributed by atoms with Crippen LogP contribution in [-0.2, 0) is 9.84 Å². The molecule has 0 unspecified atom stereocenters. The van der Waals surface area contributed by atoms with E-state index in [1.54, 1.807) is 23.1 Å². The quantitative estimate of drug-likeness (QED) is 0.659. The number of carbonyl (C=O) groups excluding carboxylic acids is 1. The van der Waals surface area contributed by atoms with E-state index in [9.17, 15) is 17.6 Å². The molecule has 1 fully saturated rings. The molecule has 1 heterocycles. The average Bonchev–Trinajstić information content (AvgIpc) is 2.68. The summed E-state index contributed by atoms with van der Waals surface area (Å²) in [5.74, 6) is -0.0630. The van der Waals surface area contributed by atoms with Gasteiger partial charge in [-0.05, 0) is 71.2 Å². The SMILES string of the molecule is COc1ccc(Br)c(C(=O)N2CCC(S(=O)(=O)c3ccc(F)cc3)CC2)c1. The zero-order valence-electron chi connectivity index (χ0n) is 14.7. The third-order valence-electron chi connectivity index (χ3n) is 4.71. The van der Waals surface area contributed by atoms with Crippen LogP contribution in [0.4, 0.5) is 4.39 Å². The van der Waals surface area contributed by atoms with Gasteiger partial charge in [-0.25, -0.2) is 12.8 Å². The van der Waals surface area contributed by atoms with E-state index in [-0.39, 0.29) is 10.8 Å². The predicted octanol–water partition coefficient (Wildman–Crippen LogP) is 3.68. The summed E-state index contributed by atoms with van der Waals surface area (Å²) in [6.07, 6.45) is 0.681. The van der Waals surface area contributed by atoms with Gasteiger partial charge in [0.25, 0.3) is 5.91 Å². The molecule has 1 amide bonds. The number of hydrogen-bond acceptors (Lipinski definition) is 4. The molecular formula is C19H19BrFNO4S. The van der Waals surface area contributed by atoms with Gasteiger partial charge in [0.15, 0.2) is 9.84 Å². The van der Waals surface area contributed by atoms with E-state index in [2.05, 4.69) is 15.9 Å². The van der Waals surface area contributed by atoms with Gasteiger partial charge < -0.3 is 9.64 Å². The minimum atomic E-state index is -3.55. The first-order valence-electron chi connectivity index (χ1n) is 8.45. The number of nitrogens with zero attached hydrogens (tertiary/aromatic N) is 1. The van der Waals surface area contributed by atoms with Crippen molar-refractivity contribution in [3.63, 3.8) is 0 Å². The number of rotatable bonds is 4. The average molecular weight is 456 g/mol. The van der Waals surface area contributed by atoms with Crippen molar-refractivity contribution in [2.24, 2.45) is 0 Å². The summed E-state index contributed by atoms with van der Waals surface area (Å²) < 4.78 is 44.3. The number of sulfone groups is 1. The lowest BCUT2D eigenvalue weighted by Crippen LogP contribution is -2.42. The van der Waals surface area contributed by atoms with Crippen molar-refractivity contribution in [3.8, 4) is 5.75 Å². The molecule has 8 heteroatoms. The summed E-state index contributed by atoms with van der Waals surface area (Å²) in [4.78, 5) is 14.6. The summed E-state index contributed by atoms with van der Waals surface area (Å²) >= 11 is 3.38. The first kappa shape index (κ1) is 19.8. The minimum Gasteiger partial charge on any atom is -0.497 e. The highest BCUT2D eigenvalue weighted by Gasteiger charge is 2.33. The summed E-state index contributed by atoms with van der Waals surface area (Å²) in [5, 5.41) is -0.583. The van der Waals surface area contributed by atoms with E-state index in [0.717, 1.165) is 12.1 Å². The molecule has 0 N–H and O–H groups in total. The first-order valence-corrected chi connectivity index (χ1v) is 10.8. The Balaban J connectivity index is 1.71. The highest BCUT2D eigenvalue weighted by Crippen LogP contribution is 2.28. The molecule has 1 saturated heterocycles. The smallest absolute Gasteiger partial charge is 0.255 e. The number of benzene rings is 2. The van der Waals surface area contributed by atoms with E-state index in [1.807, 2.05) is 0 Å². The summed E-state index contributed by atoms with van der Waals surface area (Å²) in [6, 6.07) is 10.0. The molecule has 0 spiro atoms. The van der Waals surface area contributed by atoms with Crippen LogP contribution in [0.15, 0.2) is 51.8 Å². The molecule has 0 atom stereocenters. The molecule has 0 aliphatic carbocycles. The Bertz CT molecular complexity index is 939. The summed E-state index contributed by atoms with van der Waals surface area (Å²) in [7, 11) is -2.01. The van der Waals surface area contributed by atoms with Gasteiger partial charge in [-0.1, -0.05) is 0 Å². The van der Waals surface area contributed by atoms with Gasteiger partial charge in [-0.15, -0.1) is 0 Å². The fourth-order valence-corrected chi connectivity index (χ4v) is 5.30. The molecule has 0 aromatic heterocycles. The van der Waals surface area contributed by atoms with Crippen molar-refractivity contribution in [1.82, 2.24) is 4.90 Å². The van der Waals surface area contributed by atoms with Crippen LogP contribution in [0.5, 0.6) is 5.75 Å². The molecule has 3 rings (SSSR count). The normalized spacial score (nSPS) is 15.6. The van der Waals surface area contributed by atoms with Crippen LogP contribution in [0.3, 0.4) is 0 Å². The van der Waals surface area contributed by atoms with E-state index in [1.165, 1.54) is 19.2 Å². The van der Waals surface area contributed by atoms with Gasteiger partial charge in [0.2, 0.25) is 0 Å². The highest BCUT2D eigenvalue weighted by molar-refractivity contribution is 9.10. The van der Waals surface area contributed by atoms with Crippen LogP contribution in [0, 0.1) is 5.82 Å². The number of carbonyl (C=O) groups is 1. The number of piperidine rings is 1. The summed E-state index contributed by atoms with van der Waals surface area (Å²) in [5.41, 5.74) is 0.481. The second-order valence-corrected chi connectivity index (χ2v) is 9.42. The van der Waals surface area contributed by atoms with Crippen molar-refractivity contribution in [1.29, 1.82) is 0 Å².